The van der Waals surface area contributed by atoms with Gasteiger partial charge in [0.05, 0.1) is 5.69 Å². The molecule has 1 aliphatic carbocycles. The lowest BCUT2D eigenvalue weighted by atomic mass is 10.1. The van der Waals surface area contributed by atoms with Gasteiger partial charge in [-0.25, -0.2) is 4.98 Å². The van der Waals surface area contributed by atoms with Gasteiger partial charge in [-0.05, 0) is 32.1 Å². The monoisotopic (exact) mass is 215 g/mol. The molecule has 3 heteroatoms. The van der Waals surface area contributed by atoms with Crippen molar-refractivity contribution in [1.29, 1.82) is 5.26 Å². The predicted molar refractivity (Wildman–Crippen MR) is 61.1 cm³/mol. The summed E-state index contributed by atoms with van der Waals surface area (Å²) in [5.41, 5.74) is 1.90. The summed E-state index contributed by atoms with van der Waals surface area (Å²) < 4.78 is 2.35. The highest BCUT2D eigenvalue weighted by Gasteiger charge is 2.27. The Hall–Kier alpha value is -1.30. The quantitative estimate of drug-likeness (QED) is 0.722. The Morgan fingerprint density at radius 1 is 1.19 bits per heavy atom. The SMILES string of the molecule is N#Cc1nc(C2CCCC2)n2c1CCCC2. The van der Waals surface area contributed by atoms with Crippen molar-refractivity contribution in [3.63, 3.8) is 0 Å². The fourth-order valence-corrected chi connectivity index (χ4v) is 3.16. The Labute approximate surface area is 96.1 Å². The number of imidazole rings is 1. The minimum absolute atomic E-state index is 0.624. The lowest BCUT2D eigenvalue weighted by Gasteiger charge is -2.19. The van der Waals surface area contributed by atoms with Crippen molar-refractivity contribution in [3.05, 3.63) is 17.2 Å². The normalized spacial score (nSPS) is 20.7. The minimum Gasteiger partial charge on any atom is -0.330 e. The molecular weight excluding hydrogens is 198 g/mol. The van der Waals surface area contributed by atoms with Gasteiger partial charge in [0.2, 0.25) is 0 Å². The second-order valence-corrected chi connectivity index (χ2v) is 4.97. The van der Waals surface area contributed by atoms with Crippen LogP contribution in [0.1, 0.15) is 61.7 Å². The maximum Gasteiger partial charge on any atom is 0.161 e. The number of nitriles is 1. The number of aromatic nitrogens is 2. The molecule has 0 saturated heterocycles. The maximum absolute atomic E-state index is 9.12. The summed E-state index contributed by atoms with van der Waals surface area (Å²) in [6.07, 6.45) is 8.69. The predicted octanol–water partition coefficient (Wildman–Crippen LogP) is 2.75. The van der Waals surface area contributed by atoms with Gasteiger partial charge in [-0.15, -0.1) is 0 Å². The van der Waals surface area contributed by atoms with Crippen LogP contribution in [-0.2, 0) is 13.0 Å². The zero-order chi connectivity index (χ0) is 11.0. The van der Waals surface area contributed by atoms with Crippen molar-refractivity contribution in [2.24, 2.45) is 0 Å². The van der Waals surface area contributed by atoms with E-state index >= 15 is 0 Å². The molecule has 0 bridgehead atoms. The van der Waals surface area contributed by atoms with Crippen LogP contribution in [0.2, 0.25) is 0 Å². The third-order valence-corrected chi connectivity index (χ3v) is 3.97. The second kappa shape index (κ2) is 3.93. The lowest BCUT2D eigenvalue weighted by Crippen LogP contribution is -2.14. The Morgan fingerprint density at radius 3 is 2.75 bits per heavy atom. The molecule has 0 amide bonds. The summed E-state index contributed by atoms with van der Waals surface area (Å²) in [5, 5.41) is 9.12. The van der Waals surface area contributed by atoms with Crippen LogP contribution in [-0.4, -0.2) is 9.55 Å². The molecule has 3 nitrogen and oxygen atoms in total. The van der Waals surface area contributed by atoms with E-state index in [1.807, 2.05) is 0 Å². The summed E-state index contributed by atoms with van der Waals surface area (Å²) >= 11 is 0. The molecule has 0 radical (unpaired) electrons. The van der Waals surface area contributed by atoms with Gasteiger partial charge in [0.15, 0.2) is 5.69 Å². The van der Waals surface area contributed by atoms with Gasteiger partial charge in [-0.3, -0.25) is 0 Å². The first-order valence-electron chi connectivity index (χ1n) is 6.39. The number of rotatable bonds is 1. The van der Waals surface area contributed by atoms with Crippen LogP contribution in [0.15, 0.2) is 0 Å². The van der Waals surface area contributed by atoms with Gasteiger partial charge >= 0.3 is 0 Å². The Kier molecular flexibility index (Phi) is 2.43. The largest absolute Gasteiger partial charge is 0.330 e. The molecule has 1 fully saturated rings. The van der Waals surface area contributed by atoms with Gasteiger partial charge in [0.1, 0.15) is 11.9 Å². The summed E-state index contributed by atoms with van der Waals surface area (Å²) in [4.78, 5) is 4.59. The van der Waals surface area contributed by atoms with Crippen LogP contribution in [0.4, 0.5) is 0 Å². The Bertz CT molecular complexity index is 433. The summed E-state index contributed by atoms with van der Waals surface area (Å²) in [6.45, 7) is 1.08. The van der Waals surface area contributed by atoms with Crippen LogP contribution >= 0.6 is 0 Å². The van der Waals surface area contributed by atoms with E-state index in [4.69, 9.17) is 5.26 Å². The maximum atomic E-state index is 9.12. The molecule has 2 heterocycles. The van der Waals surface area contributed by atoms with Crippen molar-refractivity contribution in [2.75, 3.05) is 0 Å². The van der Waals surface area contributed by atoms with E-state index < -0.39 is 0 Å². The van der Waals surface area contributed by atoms with Crippen molar-refractivity contribution in [1.82, 2.24) is 9.55 Å². The van der Waals surface area contributed by atoms with E-state index in [0.29, 0.717) is 11.6 Å². The fraction of sp³-hybridized carbons (Fsp3) is 0.692. The molecule has 3 rings (SSSR count). The molecule has 0 aromatic carbocycles. The van der Waals surface area contributed by atoms with Gasteiger partial charge in [0, 0.05) is 12.5 Å². The van der Waals surface area contributed by atoms with Crippen molar-refractivity contribution < 1.29 is 0 Å². The number of hydrogen-bond acceptors (Lipinski definition) is 2. The molecule has 2 aliphatic rings. The summed E-state index contributed by atoms with van der Waals surface area (Å²) in [5.74, 6) is 1.84. The van der Waals surface area contributed by atoms with Crippen LogP contribution in [0.5, 0.6) is 0 Å². The molecule has 0 unspecified atom stereocenters. The van der Waals surface area contributed by atoms with E-state index in [1.165, 1.54) is 50.0 Å². The third-order valence-electron chi connectivity index (χ3n) is 3.97. The van der Waals surface area contributed by atoms with Crippen LogP contribution < -0.4 is 0 Å². The Morgan fingerprint density at radius 2 is 2.00 bits per heavy atom. The first-order valence-corrected chi connectivity index (χ1v) is 6.39. The average Bonchev–Trinajstić information content (AvgIpc) is 2.95. The first-order chi connectivity index (χ1) is 7.90. The number of fused-ring (bicyclic) bond motifs is 1. The van der Waals surface area contributed by atoms with Crippen molar-refractivity contribution >= 4 is 0 Å². The molecule has 16 heavy (non-hydrogen) atoms. The highest BCUT2D eigenvalue weighted by Crippen LogP contribution is 2.35. The van der Waals surface area contributed by atoms with Crippen LogP contribution in [0, 0.1) is 11.3 Å². The van der Waals surface area contributed by atoms with Crippen LogP contribution in [0.3, 0.4) is 0 Å². The van der Waals surface area contributed by atoms with Gasteiger partial charge in [-0.2, -0.15) is 5.26 Å². The van der Waals surface area contributed by atoms with Crippen molar-refractivity contribution in [3.8, 4) is 6.07 Å². The van der Waals surface area contributed by atoms with Gasteiger partial charge in [0.25, 0.3) is 0 Å². The second-order valence-electron chi connectivity index (χ2n) is 4.97. The number of hydrogen-bond donors (Lipinski definition) is 0. The third kappa shape index (κ3) is 1.44. The van der Waals surface area contributed by atoms with E-state index in [2.05, 4.69) is 15.6 Å². The molecule has 0 N–H and O–H groups in total. The highest BCUT2D eigenvalue weighted by molar-refractivity contribution is 5.31. The Balaban J connectivity index is 2.04. The zero-order valence-electron chi connectivity index (χ0n) is 9.58. The van der Waals surface area contributed by atoms with E-state index in [-0.39, 0.29) is 0 Å². The smallest absolute Gasteiger partial charge is 0.161 e. The summed E-state index contributed by atoms with van der Waals surface area (Å²) in [7, 11) is 0. The standard InChI is InChI=1S/C13H17N3/c14-9-11-12-7-3-4-8-16(12)13(15-11)10-5-1-2-6-10/h10H,1-8H2. The molecule has 0 spiro atoms. The van der Waals surface area contributed by atoms with Crippen molar-refractivity contribution in [2.45, 2.75) is 57.4 Å². The summed E-state index contributed by atoms with van der Waals surface area (Å²) in [6, 6.07) is 2.27. The minimum atomic E-state index is 0.624. The highest BCUT2D eigenvalue weighted by atomic mass is 15.1. The fourth-order valence-electron chi connectivity index (χ4n) is 3.16. The van der Waals surface area contributed by atoms with Gasteiger partial charge < -0.3 is 4.57 Å². The molecule has 1 aromatic heterocycles. The van der Waals surface area contributed by atoms with E-state index in [1.54, 1.807) is 0 Å². The van der Waals surface area contributed by atoms with Gasteiger partial charge in [-0.1, -0.05) is 12.8 Å². The number of nitrogens with zero attached hydrogens (tertiary/aromatic N) is 3. The average molecular weight is 215 g/mol. The van der Waals surface area contributed by atoms with E-state index in [0.717, 1.165) is 13.0 Å². The molecule has 1 saturated carbocycles. The first kappa shape index (κ1) is 9.89. The molecule has 1 aromatic rings. The molecular formula is C13H17N3. The zero-order valence-corrected chi connectivity index (χ0v) is 9.58. The van der Waals surface area contributed by atoms with Crippen LogP contribution in [0.25, 0.3) is 0 Å². The molecule has 0 atom stereocenters. The molecule has 1 aliphatic heterocycles. The lowest BCUT2D eigenvalue weighted by molar-refractivity contribution is 0.492. The molecule has 84 valence electrons. The topological polar surface area (TPSA) is 41.6 Å². The van der Waals surface area contributed by atoms with E-state index in [9.17, 15) is 0 Å².